The number of pyridine rings is 1. The van der Waals surface area contributed by atoms with E-state index < -0.39 is 0 Å². The lowest BCUT2D eigenvalue weighted by atomic mass is 9.82. The van der Waals surface area contributed by atoms with Gasteiger partial charge in [0.25, 0.3) is 0 Å². The van der Waals surface area contributed by atoms with Crippen LogP contribution in [0, 0.1) is 0 Å². The number of aromatic nitrogens is 5. The first kappa shape index (κ1) is 30.6. The summed E-state index contributed by atoms with van der Waals surface area (Å²) in [5.41, 5.74) is 10.9. The van der Waals surface area contributed by atoms with Gasteiger partial charge in [0.15, 0.2) is 17.5 Å². The quantitative estimate of drug-likeness (QED) is 0.172. The molecule has 0 atom stereocenters. The molecule has 1 aliphatic rings. The van der Waals surface area contributed by atoms with E-state index in [1.165, 1.54) is 38.4 Å². The van der Waals surface area contributed by atoms with Crippen molar-refractivity contribution in [2.45, 2.75) is 19.3 Å². The van der Waals surface area contributed by atoms with Gasteiger partial charge in [-0.05, 0) is 86.3 Å². The molecule has 1 aliphatic carbocycles. The van der Waals surface area contributed by atoms with E-state index in [0.29, 0.717) is 17.5 Å². The third-order valence-electron chi connectivity index (χ3n) is 11.3. The lowest BCUT2D eigenvalue weighted by molar-refractivity contribution is 0.660. The Morgan fingerprint density at radius 2 is 1.07 bits per heavy atom. The number of nitrogens with zero attached hydrogens (tertiary/aromatic N) is 5. The van der Waals surface area contributed by atoms with Crippen molar-refractivity contribution in [3.05, 3.63) is 175 Å². The highest BCUT2D eigenvalue weighted by Crippen LogP contribution is 2.50. The molecule has 11 rings (SSSR count). The molecule has 3 heterocycles. The molecule has 0 bridgehead atoms. The summed E-state index contributed by atoms with van der Waals surface area (Å²) < 4.78 is 2.30. The Hall–Kier alpha value is -6.98. The molecule has 3 aromatic heterocycles. The lowest BCUT2D eigenvalue weighted by Gasteiger charge is -2.23. The average molecular weight is 692 g/mol. The van der Waals surface area contributed by atoms with Gasteiger partial charge in [-0.3, -0.25) is 4.57 Å². The third kappa shape index (κ3) is 4.51. The number of para-hydroxylation sites is 1. The van der Waals surface area contributed by atoms with Crippen LogP contribution in [0.3, 0.4) is 0 Å². The highest BCUT2D eigenvalue weighted by Gasteiger charge is 2.36. The molecule has 0 fully saturated rings. The van der Waals surface area contributed by atoms with Gasteiger partial charge in [-0.2, -0.15) is 0 Å². The van der Waals surface area contributed by atoms with Gasteiger partial charge in [0.1, 0.15) is 5.65 Å². The standard InChI is InChI=1S/C49H33N5/c1-49(2)42-28-32(22-24-37(42)38-25-23-33(29-43(38)49)54-44-21-11-10-19-39(44)40-20-12-26-50-48(40)54)46-51-45(30-13-4-3-5-14-30)52-47(53-46)41-27-31-15-6-7-16-34(31)35-17-8-9-18-36(35)41/h3-29H,1-2H3. The van der Waals surface area contributed by atoms with Crippen molar-refractivity contribution >= 4 is 43.5 Å². The van der Waals surface area contributed by atoms with Gasteiger partial charge in [0, 0.05) is 44.8 Å². The van der Waals surface area contributed by atoms with E-state index in [2.05, 4.69) is 152 Å². The lowest BCUT2D eigenvalue weighted by Crippen LogP contribution is -2.15. The molecule has 0 amide bonds. The summed E-state index contributed by atoms with van der Waals surface area (Å²) in [6.45, 7) is 4.65. The minimum absolute atomic E-state index is 0.268. The molecule has 10 aromatic rings. The number of hydrogen-bond acceptors (Lipinski definition) is 4. The average Bonchev–Trinajstić information content (AvgIpc) is 3.68. The maximum atomic E-state index is 5.25. The molecule has 0 unspecified atom stereocenters. The van der Waals surface area contributed by atoms with Crippen LogP contribution in [0.4, 0.5) is 0 Å². The molecule has 0 saturated heterocycles. The van der Waals surface area contributed by atoms with Crippen LogP contribution in [0.5, 0.6) is 0 Å². The van der Waals surface area contributed by atoms with Crippen LogP contribution in [-0.2, 0) is 5.41 Å². The second kappa shape index (κ2) is 11.5. The van der Waals surface area contributed by atoms with E-state index >= 15 is 0 Å². The van der Waals surface area contributed by atoms with Crippen LogP contribution in [0.2, 0.25) is 0 Å². The SMILES string of the molecule is CC1(C)c2cc(-c3nc(-c4ccccc4)nc(-c4cc5ccccc5c5ccccc45)n3)ccc2-c2ccc(-n3c4ccccc4c4cccnc43)cc21. The fraction of sp³-hybridized carbons (Fsp3) is 0.0612. The molecule has 0 N–H and O–H groups in total. The van der Waals surface area contributed by atoms with Crippen molar-refractivity contribution in [2.24, 2.45) is 0 Å². The smallest absolute Gasteiger partial charge is 0.164 e. The largest absolute Gasteiger partial charge is 0.294 e. The first-order valence-corrected chi connectivity index (χ1v) is 18.4. The van der Waals surface area contributed by atoms with Crippen LogP contribution >= 0.6 is 0 Å². The molecule has 0 radical (unpaired) electrons. The zero-order valence-corrected chi connectivity index (χ0v) is 29.8. The summed E-state index contributed by atoms with van der Waals surface area (Å²) in [5.74, 6) is 1.97. The van der Waals surface area contributed by atoms with Crippen LogP contribution in [0.1, 0.15) is 25.0 Å². The van der Waals surface area contributed by atoms with E-state index in [9.17, 15) is 0 Å². The summed E-state index contributed by atoms with van der Waals surface area (Å²) in [5, 5.41) is 7.03. The molecule has 0 saturated carbocycles. The zero-order valence-electron chi connectivity index (χ0n) is 29.8. The van der Waals surface area contributed by atoms with Gasteiger partial charge in [0.2, 0.25) is 0 Å². The maximum absolute atomic E-state index is 5.25. The van der Waals surface area contributed by atoms with Gasteiger partial charge in [-0.15, -0.1) is 0 Å². The number of benzene rings is 7. The van der Waals surface area contributed by atoms with Crippen molar-refractivity contribution < 1.29 is 0 Å². The summed E-state index contributed by atoms with van der Waals surface area (Å²) in [4.78, 5) is 20.4. The number of fused-ring (bicyclic) bond motifs is 9. The van der Waals surface area contributed by atoms with E-state index in [0.717, 1.165) is 49.7 Å². The summed E-state index contributed by atoms with van der Waals surface area (Å²) in [6.07, 6.45) is 1.88. The Labute approximate surface area is 312 Å². The van der Waals surface area contributed by atoms with E-state index in [4.69, 9.17) is 19.9 Å². The summed E-state index contributed by atoms with van der Waals surface area (Å²) >= 11 is 0. The van der Waals surface area contributed by atoms with Crippen molar-refractivity contribution in [1.82, 2.24) is 24.5 Å². The molecule has 5 heteroatoms. The minimum Gasteiger partial charge on any atom is -0.294 e. The molecular weight excluding hydrogens is 659 g/mol. The van der Waals surface area contributed by atoms with Crippen molar-refractivity contribution in [3.63, 3.8) is 0 Å². The van der Waals surface area contributed by atoms with E-state index in [1.54, 1.807) is 0 Å². The molecule has 54 heavy (non-hydrogen) atoms. The molecule has 5 nitrogen and oxygen atoms in total. The van der Waals surface area contributed by atoms with Gasteiger partial charge >= 0.3 is 0 Å². The van der Waals surface area contributed by atoms with E-state index in [1.807, 2.05) is 30.5 Å². The van der Waals surface area contributed by atoms with Gasteiger partial charge in [-0.1, -0.05) is 129 Å². The second-order valence-corrected chi connectivity index (χ2v) is 14.7. The van der Waals surface area contributed by atoms with Gasteiger partial charge in [0.05, 0.1) is 5.52 Å². The maximum Gasteiger partial charge on any atom is 0.164 e. The Bertz CT molecular complexity index is 3090. The molecular formula is C49H33N5. The Kier molecular flexibility index (Phi) is 6.53. The third-order valence-corrected chi connectivity index (χ3v) is 11.3. The highest BCUT2D eigenvalue weighted by atomic mass is 15.0. The Morgan fingerprint density at radius 1 is 0.444 bits per heavy atom. The molecule has 0 spiro atoms. The zero-order chi connectivity index (χ0) is 36.0. The van der Waals surface area contributed by atoms with Crippen molar-refractivity contribution in [1.29, 1.82) is 0 Å². The second-order valence-electron chi connectivity index (χ2n) is 14.7. The summed E-state index contributed by atoms with van der Waals surface area (Å²) in [6, 6.07) is 55.8. The normalized spacial score (nSPS) is 13.1. The minimum atomic E-state index is -0.268. The van der Waals surface area contributed by atoms with Gasteiger partial charge in [-0.25, -0.2) is 19.9 Å². The fourth-order valence-electron chi connectivity index (χ4n) is 8.64. The first-order chi connectivity index (χ1) is 26.5. The molecule has 0 aliphatic heterocycles. The monoisotopic (exact) mass is 691 g/mol. The van der Waals surface area contributed by atoms with Crippen molar-refractivity contribution in [3.8, 4) is 51.0 Å². The van der Waals surface area contributed by atoms with Crippen LogP contribution in [0.15, 0.2) is 164 Å². The Morgan fingerprint density at radius 3 is 1.91 bits per heavy atom. The van der Waals surface area contributed by atoms with Crippen LogP contribution in [-0.4, -0.2) is 24.5 Å². The first-order valence-electron chi connectivity index (χ1n) is 18.4. The van der Waals surface area contributed by atoms with Gasteiger partial charge < -0.3 is 0 Å². The van der Waals surface area contributed by atoms with Crippen molar-refractivity contribution in [2.75, 3.05) is 0 Å². The summed E-state index contributed by atoms with van der Waals surface area (Å²) in [7, 11) is 0. The number of hydrogen-bond donors (Lipinski definition) is 0. The van der Waals surface area contributed by atoms with Crippen LogP contribution < -0.4 is 0 Å². The highest BCUT2D eigenvalue weighted by molar-refractivity contribution is 6.13. The number of rotatable bonds is 4. The van der Waals surface area contributed by atoms with Crippen LogP contribution in [0.25, 0.3) is 94.5 Å². The topological polar surface area (TPSA) is 56.5 Å². The molecule has 254 valence electrons. The fourth-order valence-corrected chi connectivity index (χ4v) is 8.64. The predicted molar refractivity (Wildman–Crippen MR) is 221 cm³/mol. The van der Waals surface area contributed by atoms with E-state index in [-0.39, 0.29) is 5.41 Å². The molecule has 7 aromatic carbocycles. The Balaban J connectivity index is 1.07. The predicted octanol–water partition coefficient (Wildman–Crippen LogP) is 12.0.